The number of benzene rings is 2. The van der Waals surface area contributed by atoms with Gasteiger partial charge in [0.15, 0.2) is 5.96 Å². The van der Waals surface area contributed by atoms with Gasteiger partial charge in [-0.15, -0.1) is 0 Å². The lowest BCUT2D eigenvalue weighted by Crippen LogP contribution is -2.57. The fraction of sp³-hybridized carbons (Fsp3) is 0.364. The number of carbonyl (C=O) groups excluding carboxylic acids is 3. The number of rotatable bonds is 14. The molecule has 1 aliphatic rings. The van der Waals surface area contributed by atoms with Crippen molar-refractivity contribution in [2.75, 3.05) is 13.1 Å². The minimum absolute atomic E-state index is 0.103. The molecule has 248 valence electrons. The minimum atomic E-state index is -1.20. The van der Waals surface area contributed by atoms with Gasteiger partial charge >= 0.3 is 5.97 Å². The molecular weight excluding hydrogens is 602 g/mol. The first-order chi connectivity index (χ1) is 22.6. The van der Waals surface area contributed by atoms with E-state index in [4.69, 9.17) is 17.2 Å². The maximum atomic E-state index is 14.2. The summed E-state index contributed by atoms with van der Waals surface area (Å²) in [5.41, 5.74) is 20.6. The Morgan fingerprint density at radius 3 is 2.15 bits per heavy atom. The van der Waals surface area contributed by atoms with E-state index in [-0.39, 0.29) is 38.3 Å². The van der Waals surface area contributed by atoms with Crippen LogP contribution in [0.1, 0.15) is 36.8 Å². The number of carboxylic acid groups (broad SMARTS) is 1. The van der Waals surface area contributed by atoms with Gasteiger partial charge < -0.3 is 47.8 Å². The van der Waals surface area contributed by atoms with Crippen LogP contribution >= 0.6 is 0 Å². The number of aliphatic carboxylic acids is 1. The molecule has 1 saturated heterocycles. The number of aromatic nitrogens is 2. The van der Waals surface area contributed by atoms with Crippen LogP contribution in [0.4, 0.5) is 0 Å². The first-order valence-electron chi connectivity index (χ1n) is 15.7. The summed E-state index contributed by atoms with van der Waals surface area (Å²) in [6.45, 7) is 0.495. The number of aliphatic imine (C=N–C) groups is 1. The highest BCUT2D eigenvalue weighted by Gasteiger charge is 2.39. The van der Waals surface area contributed by atoms with Gasteiger partial charge in [0.25, 0.3) is 0 Å². The van der Waals surface area contributed by atoms with E-state index in [1.807, 2.05) is 54.7 Å². The van der Waals surface area contributed by atoms with Crippen LogP contribution in [0, 0.1) is 0 Å². The number of fused-ring (bicyclic) bond motifs is 2. The maximum Gasteiger partial charge on any atom is 0.326 e. The van der Waals surface area contributed by atoms with Crippen LogP contribution in [0.5, 0.6) is 0 Å². The number of H-pyrrole nitrogens is 2. The molecule has 0 radical (unpaired) electrons. The van der Waals surface area contributed by atoms with Crippen LogP contribution in [0.2, 0.25) is 0 Å². The van der Waals surface area contributed by atoms with Crippen molar-refractivity contribution in [3.8, 4) is 0 Å². The topological polar surface area (TPSA) is 238 Å². The lowest BCUT2D eigenvalue weighted by atomic mass is 10.0. The first-order valence-corrected chi connectivity index (χ1v) is 15.7. The van der Waals surface area contributed by atoms with E-state index >= 15 is 0 Å². The second-order valence-electron chi connectivity index (χ2n) is 11.8. The molecule has 0 aliphatic carbocycles. The van der Waals surface area contributed by atoms with E-state index in [0.717, 1.165) is 32.9 Å². The van der Waals surface area contributed by atoms with Crippen LogP contribution in [0.15, 0.2) is 65.9 Å². The third-order valence-corrected chi connectivity index (χ3v) is 8.56. The molecule has 3 amide bonds. The molecule has 4 atom stereocenters. The average Bonchev–Trinajstić information content (AvgIpc) is 3.81. The number of hydrogen-bond acceptors (Lipinski definition) is 6. The number of carbonyl (C=O) groups is 4. The molecule has 3 heterocycles. The van der Waals surface area contributed by atoms with Crippen molar-refractivity contribution in [2.24, 2.45) is 22.2 Å². The second kappa shape index (κ2) is 14.8. The van der Waals surface area contributed by atoms with Gasteiger partial charge in [0.1, 0.15) is 18.1 Å². The fourth-order valence-electron chi connectivity index (χ4n) is 6.16. The Bertz CT molecular complexity index is 1780. The molecule has 14 heteroatoms. The zero-order valence-corrected chi connectivity index (χ0v) is 25.9. The molecule has 47 heavy (non-hydrogen) atoms. The van der Waals surface area contributed by atoms with Gasteiger partial charge in [-0.1, -0.05) is 36.4 Å². The molecule has 4 unspecified atom stereocenters. The van der Waals surface area contributed by atoms with Crippen LogP contribution in [0.25, 0.3) is 21.8 Å². The predicted octanol–water partition coefficient (Wildman–Crippen LogP) is 0.861. The van der Waals surface area contributed by atoms with E-state index in [9.17, 15) is 24.3 Å². The largest absolute Gasteiger partial charge is 0.480 e. The minimum Gasteiger partial charge on any atom is -0.480 e. The SMILES string of the molecule is NC(N)=NCCCC(NC(=O)C1CCCN1C(=O)C(Cc1c[nH]c2ccccc12)NC(=O)C(N)Cc1c[nH]c2ccccc12)C(=O)O. The molecule has 4 aromatic rings. The molecule has 0 bridgehead atoms. The van der Waals surface area contributed by atoms with Crippen molar-refractivity contribution < 1.29 is 24.3 Å². The van der Waals surface area contributed by atoms with Crippen molar-refractivity contribution in [3.05, 3.63) is 72.1 Å². The Balaban J connectivity index is 1.32. The molecule has 1 fully saturated rings. The Kier molecular flexibility index (Phi) is 10.4. The number of para-hydroxylation sites is 2. The third kappa shape index (κ3) is 7.90. The summed E-state index contributed by atoms with van der Waals surface area (Å²) in [5, 5.41) is 17.1. The van der Waals surface area contributed by atoms with E-state index < -0.39 is 47.9 Å². The summed E-state index contributed by atoms with van der Waals surface area (Å²) < 4.78 is 0. The van der Waals surface area contributed by atoms with Gasteiger partial charge in [-0.3, -0.25) is 19.4 Å². The van der Waals surface area contributed by atoms with E-state index in [2.05, 4.69) is 25.6 Å². The highest BCUT2D eigenvalue weighted by Crippen LogP contribution is 2.24. The van der Waals surface area contributed by atoms with Crippen molar-refractivity contribution in [1.29, 1.82) is 0 Å². The molecule has 0 saturated carbocycles. The number of nitrogens with one attached hydrogen (secondary N) is 4. The first kappa shape index (κ1) is 33.0. The van der Waals surface area contributed by atoms with E-state index in [0.29, 0.717) is 19.3 Å². The van der Waals surface area contributed by atoms with Crippen LogP contribution in [-0.4, -0.2) is 86.9 Å². The normalized spacial score (nSPS) is 16.4. The number of guanidine groups is 1. The summed E-state index contributed by atoms with van der Waals surface area (Å²) in [5.74, 6) is -2.82. The standard InChI is InChI=1S/C33H41N9O5/c34-23(15-19-17-38-24-9-3-1-7-21(19)24)29(43)41-27(16-20-18-39-25-10-4-2-8-22(20)25)31(45)42-14-6-12-28(42)30(44)40-26(32(46)47)11-5-13-37-33(35)36/h1-4,7-10,17-18,23,26-28,38-39H,5-6,11-16,34H2,(H,40,44)(H,41,43)(H,46,47)(H4,35,36,37). The predicted molar refractivity (Wildman–Crippen MR) is 178 cm³/mol. The molecule has 2 aromatic carbocycles. The van der Waals surface area contributed by atoms with Gasteiger partial charge in [0, 0.05) is 53.7 Å². The zero-order valence-electron chi connectivity index (χ0n) is 25.9. The monoisotopic (exact) mass is 643 g/mol. The smallest absolute Gasteiger partial charge is 0.326 e. The number of hydrogen-bond donors (Lipinski definition) is 8. The number of nitrogens with zero attached hydrogens (tertiary/aromatic N) is 2. The fourth-order valence-corrected chi connectivity index (χ4v) is 6.16. The number of aromatic amines is 2. The Labute approximate surface area is 271 Å². The van der Waals surface area contributed by atoms with Crippen molar-refractivity contribution in [3.63, 3.8) is 0 Å². The average molecular weight is 644 g/mol. The lowest BCUT2D eigenvalue weighted by molar-refractivity contribution is -0.145. The van der Waals surface area contributed by atoms with Crippen molar-refractivity contribution >= 4 is 51.5 Å². The molecule has 5 rings (SSSR count). The lowest BCUT2D eigenvalue weighted by Gasteiger charge is -2.30. The van der Waals surface area contributed by atoms with Crippen molar-refractivity contribution in [2.45, 2.75) is 62.7 Å². The molecule has 11 N–H and O–H groups in total. The van der Waals surface area contributed by atoms with Crippen LogP contribution < -0.4 is 27.8 Å². The zero-order chi connectivity index (χ0) is 33.5. The highest BCUT2D eigenvalue weighted by atomic mass is 16.4. The van der Waals surface area contributed by atoms with Gasteiger partial charge in [0.2, 0.25) is 17.7 Å². The summed E-state index contributed by atoms with van der Waals surface area (Å²) in [6, 6.07) is 11.3. The maximum absolute atomic E-state index is 14.2. The molecule has 0 spiro atoms. The highest BCUT2D eigenvalue weighted by molar-refractivity contribution is 5.95. The Hall–Kier alpha value is -5.37. The molecule has 1 aliphatic heterocycles. The number of nitrogens with two attached hydrogens (primary N) is 3. The summed E-state index contributed by atoms with van der Waals surface area (Å²) >= 11 is 0. The van der Waals surface area contributed by atoms with Gasteiger partial charge in [-0.2, -0.15) is 0 Å². The number of amides is 3. The Morgan fingerprint density at radius 2 is 1.53 bits per heavy atom. The van der Waals surface area contributed by atoms with Crippen LogP contribution in [0.3, 0.4) is 0 Å². The van der Waals surface area contributed by atoms with Crippen LogP contribution in [-0.2, 0) is 32.0 Å². The summed E-state index contributed by atoms with van der Waals surface area (Å²) in [7, 11) is 0. The van der Waals surface area contributed by atoms with Gasteiger partial charge in [-0.25, -0.2) is 4.79 Å². The second-order valence-corrected chi connectivity index (χ2v) is 11.8. The van der Waals surface area contributed by atoms with E-state index in [1.165, 1.54) is 4.90 Å². The Morgan fingerprint density at radius 1 is 0.915 bits per heavy atom. The van der Waals surface area contributed by atoms with Crippen molar-refractivity contribution in [1.82, 2.24) is 25.5 Å². The third-order valence-electron chi connectivity index (χ3n) is 8.56. The quantitative estimate of drug-likeness (QED) is 0.0556. The summed E-state index contributed by atoms with van der Waals surface area (Å²) in [4.78, 5) is 64.7. The van der Waals surface area contributed by atoms with Gasteiger partial charge in [-0.05, 0) is 55.4 Å². The molecular formula is C33H41N9O5. The molecule has 14 nitrogen and oxygen atoms in total. The van der Waals surface area contributed by atoms with E-state index in [1.54, 1.807) is 6.20 Å². The number of likely N-dealkylation sites (tertiary alicyclic amines) is 1. The molecule has 2 aromatic heterocycles. The summed E-state index contributed by atoms with van der Waals surface area (Å²) in [6.07, 6.45) is 5.36. The number of carboxylic acids is 1. The van der Waals surface area contributed by atoms with Gasteiger partial charge in [0.05, 0.1) is 6.04 Å².